The van der Waals surface area contributed by atoms with Crippen molar-refractivity contribution in [2.45, 2.75) is 33.4 Å². The number of thiazole rings is 1. The summed E-state index contributed by atoms with van der Waals surface area (Å²) in [7, 11) is 0. The van der Waals surface area contributed by atoms with Crippen molar-refractivity contribution >= 4 is 55.8 Å². The molecule has 0 fully saturated rings. The zero-order valence-electron chi connectivity index (χ0n) is 25.2. The molecule has 0 bridgehead atoms. The summed E-state index contributed by atoms with van der Waals surface area (Å²) < 4.78 is 14.0. The lowest BCUT2D eigenvalue weighted by Gasteiger charge is -2.24. The maximum atomic E-state index is 14.0. The van der Waals surface area contributed by atoms with E-state index in [1.54, 1.807) is 39.0 Å². The predicted octanol–water partition coefficient (Wildman–Crippen LogP) is 6.51. The van der Waals surface area contributed by atoms with Gasteiger partial charge in [-0.15, -0.1) is 0 Å². The van der Waals surface area contributed by atoms with Crippen molar-refractivity contribution in [3.63, 3.8) is 0 Å². The number of nitro groups is 1. The molecule has 0 spiro atoms. The number of nitro benzene ring substituents is 1. The van der Waals surface area contributed by atoms with Gasteiger partial charge in [0.15, 0.2) is 4.80 Å². The number of hydrogen-bond acceptors (Lipinski definition) is 8. The summed E-state index contributed by atoms with van der Waals surface area (Å²) >= 11 is 4.79. The van der Waals surface area contributed by atoms with E-state index in [9.17, 15) is 19.7 Å². The molecule has 46 heavy (non-hydrogen) atoms. The first-order chi connectivity index (χ1) is 22.2. The summed E-state index contributed by atoms with van der Waals surface area (Å²) in [4.78, 5) is 43.4. The van der Waals surface area contributed by atoms with E-state index in [1.165, 1.54) is 22.0 Å². The molecular formula is C35H28BrN3O6S. The van der Waals surface area contributed by atoms with Crippen LogP contribution in [-0.4, -0.2) is 22.1 Å². The average molecular weight is 699 g/mol. The highest BCUT2D eigenvalue weighted by Crippen LogP contribution is 2.34. The van der Waals surface area contributed by atoms with Gasteiger partial charge in [-0.2, -0.15) is 0 Å². The molecule has 5 aromatic rings. The topological polar surface area (TPSA) is 113 Å². The molecule has 11 heteroatoms. The molecule has 0 saturated heterocycles. The number of nitrogens with zero attached hydrogens (tertiary/aromatic N) is 3. The number of esters is 1. The average Bonchev–Trinajstić information content (AvgIpc) is 3.33. The van der Waals surface area contributed by atoms with Crippen LogP contribution in [0.1, 0.15) is 42.1 Å². The zero-order chi connectivity index (χ0) is 32.5. The summed E-state index contributed by atoms with van der Waals surface area (Å²) in [6.45, 7) is 5.51. The molecule has 232 valence electrons. The normalized spacial score (nSPS) is 14.6. The molecule has 0 amide bonds. The van der Waals surface area contributed by atoms with E-state index in [0.717, 1.165) is 26.4 Å². The highest BCUT2D eigenvalue weighted by Gasteiger charge is 2.34. The number of aryl methyl sites for hydroxylation is 1. The molecule has 0 N–H and O–H groups in total. The second kappa shape index (κ2) is 12.9. The molecule has 6 rings (SSSR count). The van der Waals surface area contributed by atoms with Crippen LogP contribution in [0.2, 0.25) is 0 Å². The minimum Gasteiger partial charge on any atom is -0.488 e. The first kappa shape index (κ1) is 31.1. The van der Waals surface area contributed by atoms with E-state index < -0.39 is 16.9 Å². The van der Waals surface area contributed by atoms with E-state index in [-0.39, 0.29) is 23.4 Å². The van der Waals surface area contributed by atoms with Crippen molar-refractivity contribution in [3.05, 3.63) is 147 Å². The Morgan fingerprint density at radius 3 is 2.63 bits per heavy atom. The van der Waals surface area contributed by atoms with E-state index in [4.69, 9.17) is 9.47 Å². The number of carbonyl (C=O) groups excluding carboxylic acids is 1. The number of rotatable bonds is 8. The largest absolute Gasteiger partial charge is 0.488 e. The number of ether oxygens (including phenoxy) is 2. The monoisotopic (exact) mass is 697 g/mol. The molecule has 2 heterocycles. The Labute approximate surface area is 276 Å². The second-order valence-electron chi connectivity index (χ2n) is 10.7. The van der Waals surface area contributed by atoms with Crippen LogP contribution >= 0.6 is 27.3 Å². The summed E-state index contributed by atoms with van der Waals surface area (Å²) in [5.41, 5.74) is 2.76. The van der Waals surface area contributed by atoms with Crippen molar-refractivity contribution in [2.24, 2.45) is 4.99 Å². The smallest absolute Gasteiger partial charge is 0.338 e. The van der Waals surface area contributed by atoms with Crippen LogP contribution in [0.5, 0.6) is 5.75 Å². The van der Waals surface area contributed by atoms with Crippen LogP contribution in [0.25, 0.3) is 16.8 Å². The fraction of sp³-hybridized carbons (Fsp3) is 0.171. The predicted molar refractivity (Wildman–Crippen MR) is 181 cm³/mol. The van der Waals surface area contributed by atoms with E-state index in [0.29, 0.717) is 38.5 Å². The van der Waals surface area contributed by atoms with Crippen molar-refractivity contribution in [2.75, 3.05) is 6.61 Å². The molecule has 0 radical (unpaired) electrons. The zero-order valence-corrected chi connectivity index (χ0v) is 27.6. The SMILES string of the molecule is CCOC(=O)C1=C(C)N=c2s/c(=C/c3ccc(OCc4cccc5ccccc45)c(Br)c3)c(=O)n2[C@H]1c1ccc(C)c([N+](=O)[O-])c1. The van der Waals surface area contributed by atoms with Gasteiger partial charge in [0.25, 0.3) is 11.2 Å². The van der Waals surface area contributed by atoms with Crippen molar-refractivity contribution < 1.29 is 19.2 Å². The molecule has 0 saturated carbocycles. The van der Waals surface area contributed by atoms with Crippen molar-refractivity contribution in [3.8, 4) is 5.75 Å². The number of hydrogen-bond donors (Lipinski definition) is 0. The van der Waals surface area contributed by atoms with Crippen LogP contribution in [0.3, 0.4) is 0 Å². The minimum atomic E-state index is -0.951. The number of carbonyl (C=O) groups is 1. The van der Waals surface area contributed by atoms with Gasteiger partial charge in [-0.05, 0) is 82.4 Å². The van der Waals surface area contributed by atoms with E-state index in [2.05, 4.69) is 39.1 Å². The summed E-state index contributed by atoms with van der Waals surface area (Å²) in [5.74, 6) is 0.0245. The second-order valence-corrected chi connectivity index (χ2v) is 12.6. The first-order valence-electron chi connectivity index (χ1n) is 14.5. The Morgan fingerprint density at radius 2 is 1.87 bits per heavy atom. The fourth-order valence-electron chi connectivity index (χ4n) is 5.55. The summed E-state index contributed by atoms with van der Waals surface area (Å²) in [6.07, 6.45) is 1.75. The quantitative estimate of drug-likeness (QED) is 0.104. The number of allylic oxidation sites excluding steroid dienone is 1. The van der Waals surface area contributed by atoms with Crippen LogP contribution in [0.4, 0.5) is 5.69 Å². The first-order valence-corrected chi connectivity index (χ1v) is 16.1. The molecule has 1 aliphatic heterocycles. The lowest BCUT2D eigenvalue weighted by Crippen LogP contribution is -2.40. The lowest BCUT2D eigenvalue weighted by molar-refractivity contribution is -0.385. The van der Waals surface area contributed by atoms with Gasteiger partial charge in [-0.3, -0.25) is 19.5 Å². The third-order valence-electron chi connectivity index (χ3n) is 7.78. The Kier molecular flexibility index (Phi) is 8.70. The van der Waals surface area contributed by atoms with Gasteiger partial charge in [0, 0.05) is 11.6 Å². The molecule has 0 unspecified atom stereocenters. The molecular weight excluding hydrogens is 670 g/mol. The van der Waals surface area contributed by atoms with Crippen molar-refractivity contribution in [1.29, 1.82) is 0 Å². The standard InChI is InChI=1S/C35H28BrN3O6S/c1-4-44-34(41)31-21(3)37-35-38(32(31)24-14-12-20(2)28(18-24)39(42)43)33(40)30(46-35)17-22-13-15-29(27(36)16-22)45-19-25-10-7-9-23-8-5-6-11-26(23)25/h5-18,32H,4,19H2,1-3H3/b30-17+/t32-/m0/s1. The maximum absolute atomic E-state index is 14.0. The van der Waals surface area contributed by atoms with Crippen LogP contribution in [0, 0.1) is 17.0 Å². The van der Waals surface area contributed by atoms with Crippen LogP contribution in [0.15, 0.2) is 104 Å². The Hall–Kier alpha value is -4.87. The molecule has 9 nitrogen and oxygen atoms in total. The highest BCUT2D eigenvalue weighted by molar-refractivity contribution is 9.10. The van der Waals surface area contributed by atoms with E-state index in [1.807, 2.05) is 42.5 Å². The van der Waals surface area contributed by atoms with Gasteiger partial charge >= 0.3 is 5.97 Å². The van der Waals surface area contributed by atoms with Gasteiger partial charge in [0.05, 0.1) is 37.8 Å². The van der Waals surface area contributed by atoms with Gasteiger partial charge in [0.1, 0.15) is 12.4 Å². The Bertz CT molecular complexity index is 2250. The molecule has 4 aromatic carbocycles. The lowest BCUT2D eigenvalue weighted by atomic mass is 9.94. The van der Waals surface area contributed by atoms with Crippen molar-refractivity contribution in [1.82, 2.24) is 4.57 Å². The fourth-order valence-corrected chi connectivity index (χ4v) is 7.11. The maximum Gasteiger partial charge on any atom is 0.338 e. The minimum absolute atomic E-state index is 0.106. The molecule has 1 aliphatic rings. The number of aromatic nitrogens is 1. The van der Waals surface area contributed by atoms with Gasteiger partial charge < -0.3 is 9.47 Å². The molecule has 0 aliphatic carbocycles. The molecule has 1 aromatic heterocycles. The summed E-state index contributed by atoms with van der Waals surface area (Å²) in [6, 6.07) is 23.6. The van der Waals surface area contributed by atoms with Gasteiger partial charge in [-0.25, -0.2) is 9.79 Å². The van der Waals surface area contributed by atoms with Crippen LogP contribution in [-0.2, 0) is 16.1 Å². The third-order valence-corrected chi connectivity index (χ3v) is 9.38. The number of halogens is 1. The van der Waals surface area contributed by atoms with E-state index >= 15 is 0 Å². The van der Waals surface area contributed by atoms with Gasteiger partial charge in [0.2, 0.25) is 0 Å². The summed E-state index contributed by atoms with van der Waals surface area (Å²) in [5, 5.41) is 14.1. The molecule has 1 atom stereocenters. The number of fused-ring (bicyclic) bond motifs is 2. The Morgan fingerprint density at radius 1 is 1.09 bits per heavy atom. The van der Waals surface area contributed by atoms with Gasteiger partial charge in [-0.1, -0.05) is 72.0 Å². The Balaban J connectivity index is 1.37. The van der Waals surface area contributed by atoms with Crippen LogP contribution < -0.4 is 19.6 Å². The highest BCUT2D eigenvalue weighted by atomic mass is 79.9. The number of benzene rings is 4. The third kappa shape index (κ3) is 5.91.